The van der Waals surface area contributed by atoms with Crippen molar-refractivity contribution in [3.05, 3.63) is 69.7 Å². The number of hydrogen-bond donors (Lipinski definition) is 2. The monoisotopic (exact) mass is 630 g/mol. The number of hydrogen-bond acceptors (Lipinski definition) is 5. The third kappa shape index (κ3) is 9.10. The zero-order valence-electron chi connectivity index (χ0n) is 25.7. The predicted octanol–water partition coefficient (Wildman–Crippen LogP) is 5.84. The van der Waals surface area contributed by atoms with Crippen LogP contribution in [0.5, 0.6) is 0 Å². The van der Waals surface area contributed by atoms with Crippen molar-refractivity contribution in [2.75, 3.05) is 13.1 Å². The molecule has 0 bridgehead atoms. The molecule has 10 heteroatoms. The highest BCUT2D eigenvalue weighted by molar-refractivity contribution is 6.42. The summed E-state index contributed by atoms with van der Waals surface area (Å²) in [4.78, 5) is 44.4. The molecule has 4 rings (SSSR count). The van der Waals surface area contributed by atoms with Gasteiger partial charge in [0.05, 0.1) is 16.1 Å². The Hall–Kier alpha value is -2.81. The van der Waals surface area contributed by atoms with Gasteiger partial charge in [0, 0.05) is 31.7 Å². The normalized spacial score (nSPS) is 21.4. The zero-order valence-corrected chi connectivity index (χ0v) is 27.3. The number of aryl methyl sites for hydroxylation is 1. The topological polar surface area (TPSA) is 91.0 Å². The minimum absolute atomic E-state index is 0.0332. The molecule has 3 amide bonds. The molecule has 0 radical (unpaired) electrons. The summed E-state index contributed by atoms with van der Waals surface area (Å²) in [6, 6.07) is 14.3. The van der Waals surface area contributed by atoms with Gasteiger partial charge in [-0.2, -0.15) is 0 Å². The maximum absolute atomic E-state index is 14.1. The fraction of sp³-hybridized carbons (Fsp3) is 0.545. The third-order valence-electron chi connectivity index (χ3n) is 7.94. The number of piperazine rings is 1. The van der Waals surface area contributed by atoms with Crippen LogP contribution in [0.15, 0.2) is 48.5 Å². The lowest BCUT2D eigenvalue weighted by Crippen LogP contribution is -2.64. The maximum atomic E-state index is 14.1. The van der Waals surface area contributed by atoms with Gasteiger partial charge in [0.2, 0.25) is 11.8 Å². The zero-order chi connectivity index (χ0) is 31.3. The molecular weight excluding hydrogens is 587 g/mol. The Morgan fingerprint density at radius 3 is 2.40 bits per heavy atom. The molecule has 2 aliphatic heterocycles. The Balaban J connectivity index is 1.54. The van der Waals surface area contributed by atoms with Crippen molar-refractivity contribution >= 4 is 41.1 Å². The third-order valence-corrected chi connectivity index (χ3v) is 8.68. The molecule has 2 saturated heterocycles. The molecule has 2 aromatic carbocycles. The van der Waals surface area contributed by atoms with Crippen LogP contribution in [0.1, 0.15) is 65.0 Å². The molecule has 234 valence electrons. The van der Waals surface area contributed by atoms with E-state index in [0.29, 0.717) is 36.0 Å². The highest BCUT2D eigenvalue weighted by Crippen LogP contribution is 2.32. The molecule has 8 nitrogen and oxygen atoms in total. The average molecular weight is 632 g/mol. The van der Waals surface area contributed by atoms with E-state index >= 15 is 0 Å². The van der Waals surface area contributed by atoms with Crippen LogP contribution < -0.4 is 10.6 Å². The number of amides is 3. The van der Waals surface area contributed by atoms with Crippen LogP contribution in [0.4, 0.5) is 4.79 Å². The summed E-state index contributed by atoms with van der Waals surface area (Å²) < 4.78 is 5.49. The SMILES string of the molecule is CC(C)C[C@H](C(=O)NCc1ccc(Cl)c(Cl)c1)N1CC(CCc2ccccc2)N2C[C@H](NC(=O)OC(C)(C)C)C[C@H]2C1=O. The number of benzene rings is 2. The lowest BCUT2D eigenvalue weighted by atomic mass is 9.95. The van der Waals surface area contributed by atoms with E-state index in [2.05, 4.69) is 41.5 Å². The summed E-state index contributed by atoms with van der Waals surface area (Å²) in [5.41, 5.74) is 1.44. The molecule has 0 aromatic heterocycles. The Bertz CT molecular complexity index is 1280. The van der Waals surface area contributed by atoms with Gasteiger partial charge >= 0.3 is 6.09 Å². The second-order valence-corrected chi connectivity index (χ2v) is 13.9. The van der Waals surface area contributed by atoms with Crippen molar-refractivity contribution in [2.45, 2.75) is 96.6 Å². The van der Waals surface area contributed by atoms with Crippen molar-refractivity contribution in [1.82, 2.24) is 20.4 Å². The fourth-order valence-electron chi connectivity index (χ4n) is 5.99. The van der Waals surface area contributed by atoms with Crippen LogP contribution in [0.25, 0.3) is 0 Å². The standard InChI is InChI=1S/C33H44Cl2N4O4/c1-21(2)15-28(30(40)36-18-23-12-14-26(34)27(35)16-23)39-20-25(13-11-22-9-7-6-8-10-22)38-19-24(17-29(38)31(39)41)37-32(42)43-33(3,4)5/h6-10,12,14,16,21,24-25,28-29H,11,13,15,17-20H2,1-5H3,(H,36,40)(H,37,42)/t24-,25?,28-,29+/m1/s1. The number of rotatable bonds is 10. The molecule has 2 N–H and O–H groups in total. The van der Waals surface area contributed by atoms with Crippen LogP contribution in [0.3, 0.4) is 0 Å². The van der Waals surface area contributed by atoms with Crippen LogP contribution in [0, 0.1) is 5.92 Å². The van der Waals surface area contributed by atoms with E-state index in [1.807, 2.05) is 45.0 Å². The van der Waals surface area contributed by atoms with Crippen LogP contribution in [0.2, 0.25) is 10.0 Å². The highest BCUT2D eigenvalue weighted by Gasteiger charge is 2.49. The molecule has 2 aliphatic rings. The number of nitrogens with one attached hydrogen (secondary N) is 2. The molecule has 4 atom stereocenters. The van der Waals surface area contributed by atoms with E-state index in [0.717, 1.165) is 18.4 Å². The molecule has 1 unspecified atom stereocenters. The van der Waals surface area contributed by atoms with Gasteiger partial charge in [0.25, 0.3) is 0 Å². The second-order valence-electron chi connectivity index (χ2n) is 13.1. The summed E-state index contributed by atoms with van der Waals surface area (Å²) in [5, 5.41) is 6.90. The van der Waals surface area contributed by atoms with Crippen molar-refractivity contribution in [1.29, 1.82) is 0 Å². The molecule has 2 fully saturated rings. The van der Waals surface area contributed by atoms with Gasteiger partial charge in [0.1, 0.15) is 11.6 Å². The number of halogens is 2. The van der Waals surface area contributed by atoms with Gasteiger partial charge in [-0.25, -0.2) is 4.79 Å². The first-order valence-corrected chi connectivity index (χ1v) is 15.9. The second kappa shape index (κ2) is 14.3. The minimum Gasteiger partial charge on any atom is -0.444 e. The number of carbonyl (C=O) groups is 3. The first-order valence-electron chi connectivity index (χ1n) is 15.1. The van der Waals surface area contributed by atoms with Crippen molar-refractivity contribution in [3.8, 4) is 0 Å². The molecule has 43 heavy (non-hydrogen) atoms. The summed E-state index contributed by atoms with van der Waals surface area (Å²) >= 11 is 12.2. The maximum Gasteiger partial charge on any atom is 0.407 e. The summed E-state index contributed by atoms with van der Waals surface area (Å²) in [6.45, 7) is 10.9. The highest BCUT2D eigenvalue weighted by atomic mass is 35.5. The lowest BCUT2D eigenvalue weighted by molar-refractivity contribution is -0.151. The Morgan fingerprint density at radius 2 is 1.74 bits per heavy atom. The molecule has 0 saturated carbocycles. The van der Waals surface area contributed by atoms with Gasteiger partial charge < -0.3 is 20.3 Å². The summed E-state index contributed by atoms with van der Waals surface area (Å²) in [5.74, 6) is -0.0657. The van der Waals surface area contributed by atoms with E-state index in [1.165, 1.54) is 5.56 Å². The van der Waals surface area contributed by atoms with Gasteiger partial charge in [-0.3, -0.25) is 14.5 Å². The molecule has 0 spiro atoms. The average Bonchev–Trinajstić information content (AvgIpc) is 3.35. The van der Waals surface area contributed by atoms with E-state index < -0.39 is 23.8 Å². The van der Waals surface area contributed by atoms with Crippen molar-refractivity contribution < 1.29 is 19.1 Å². The Labute approximate surface area is 265 Å². The van der Waals surface area contributed by atoms with E-state index in [4.69, 9.17) is 27.9 Å². The van der Waals surface area contributed by atoms with Gasteiger partial charge in [-0.15, -0.1) is 0 Å². The van der Waals surface area contributed by atoms with E-state index in [9.17, 15) is 14.4 Å². The number of carbonyl (C=O) groups excluding carboxylic acids is 3. The van der Waals surface area contributed by atoms with E-state index in [-0.39, 0.29) is 36.4 Å². The number of alkyl carbamates (subject to hydrolysis) is 1. The number of nitrogens with zero attached hydrogens (tertiary/aromatic N) is 2. The largest absolute Gasteiger partial charge is 0.444 e. The van der Waals surface area contributed by atoms with Crippen LogP contribution in [-0.4, -0.2) is 70.6 Å². The first-order chi connectivity index (χ1) is 20.3. The van der Waals surface area contributed by atoms with Gasteiger partial charge in [-0.05, 0) is 75.6 Å². The summed E-state index contributed by atoms with van der Waals surface area (Å²) in [6.07, 6.45) is 2.19. The van der Waals surface area contributed by atoms with Gasteiger partial charge in [-0.1, -0.05) is 73.4 Å². The summed E-state index contributed by atoms with van der Waals surface area (Å²) in [7, 11) is 0. The van der Waals surface area contributed by atoms with Gasteiger partial charge in [0.15, 0.2) is 0 Å². The van der Waals surface area contributed by atoms with Crippen molar-refractivity contribution in [3.63, 3.8) is 0 Å². The fourth-order valence-corrected chi connectivity index (χ4v) is 6.31. The lowest BCUT2D eigenvalue weighted by Gasteiger charge is -2.46. The number of fused-ring (bicyclic) bond motifs is 1. The molecule has 0 aliphatic carbocycles. The number of ether oxygens (including phenoxy) is 1. The Kier molecular flexibility index (Phi) is 11.0. The first kappa shape index (κ1) is 33.1. The molecule has 2 aromatic rings. The quantitative estimate of drug-likeness (QED) is 0.344. The van der Waals surface area contributed by atoms with Crippen LogP contribution >= 0.6 is 23.2 Å². The van der Waals surface area contributed by atoms with E-state index in [1.54, 1.807) is 17.0 Å². The molecule has 2 heterocycles. The minimum atomic E-state index is -0.616. The predicted molar refractivity (Wildman–Crippen MR) is 170 cm³/mol. The Morgan fingerprint density at radius 1 is 1.02 bits per heavy atom. The molecular formula is C33H44Cl2N4O4. The van der Waals surface area contributed by atoms with Crippen LogP contribution in [-0.2, 0) is 27.3 Å². The smallest absolute Gasteiger partial charge is 0.407 e. The van der Waals surface area contributed by atoms with Crippen molar-refractivity contribution in [2.24, 2.45) is 5.92 Å².